The van der Waals surface area contributed by atoms with Crippen molar-refractivity contribution in [3.05, 3.63) is 22.2 Å². The van der Waals surface area contributed by atoms with Gasteiger partial charge in [-0.1, -0.05) is 50.8 Å². The smallest absolute Gasteiger partial charge is 0.222 e. The SMILES string of the molecule is CNC(=O)[C@@H](C)[C@H]1CC[C@H]2[C@@H]3CC=C4C(C)(C)c5nnsc5C[C@]4(C)[C@H]3CC[C@]12C. The molecule has 0 spiro atoms. The van der Waals surface area contributed by atoms with Crippen LogP contribution in [0.15, 0.2) is 11.6 Å². The first-order valence-electron chi connectivity index (χ1n) is 11.9. The number of allylic oxidation sites excluding steroid dienone is 2. The maximum absolute atomic E-state index is 12.5. The molecule has 7 atom stereocenters. The van der Waals surface area contributed by atoms with Gasteiger partial charge in [0, 0.05) is 18.4 Å². The summed E-state index contributed by atoms with van der Waals surface area (Å²) < 4.78 is 4.34. The van der Waals surface area contributed by atoms with Gasteiger partial charge in [0.25, 0.3) is 0 Å². The average Bonchev–Trinajstić information content (AvgIpc) is 3.30. The molecule has 1 N–H and O–H groups in total. The maximum Gasteiger partial charge on any atom is 0.222 e. The number of carbonyl (C=O) groups excluding carboxylic acids is 1. The molecule has 0 aliphatic heterocycles. The van der Waals surface area contributed by atoms with E-state index in [0.29, 0.717) is 11.3 Å². The fraction of sp³-hybridized carbons (Fsp3) is 0.800. The molecule has 2 saturated carbocycles. The monoisotopic (exact) mass is 427 g/mol. The molecule has 164 valence electrons. The highest BCUT2D eigenvalue weighted by Gasteiger charge is 2.61. The van der Waals surface area contributed by atoms with E-state index in [-0.39, 0.29) is 22.7 Å². The second-order valence-corrected chi connectivity index (χ2v) is 12.5. The minimum Gasteiger partial charge on any atom is -0.359 e. The van der Waals surface area contributed by atoms with E-state index in [9.17, 15) is 4.79 Å². The molecular formula is C25H37N3OS. The van der Waals surface area contributed by atoms with E-state index in [1.165, 1.54) is 42.7 Å². The molecule has 1 aromatic rings. The van der Waals surface area contributed by atoms with Crippen LogP contribution in [0.1, 0.15) is 77.3 Å². The largest absolute Gasteiger partial charge is 0.359 e. The van der Waals surface area contributed by atoms with Crippen molar-refractivity contribution in [1.82, 2.24) is 14.9 Å². The van der Waals surface area contributed by atoms with Gasteiger partial charge in [0.05, 0.1) is 10.6 Å². The molecule has 5 rings (SSSR count). The maximum atomic E-state index is 12.5. The van der Waals surface area contributed by atoms with E-state index in [4.69, 9.17) is 0 Å². The number of amides is 1. The summed E-state index contributed by atoms with van der Waals surface area (Å²) in [4.78, 5) is 13.9. The number of nitrogens with one attached hydrogen (secondary N) is 1. The Morgan fingerprint density at radius 1 is 1.20 bits per heavy atom. The van der Waals surface area contributed by atoms with Crippen molar-refractivity contribution in [2.75, 3.05) is 7.05 Å². The van der Waals surface area contributed by atoms with E-state index in [1.807, 2.05) is 0 Å². The molecular weight excluding hydrogens is 390 g/mol. The summed E-state index contributed by atoms with van der Waals surface area (Å²) in [6, 6.07) is 0. The minimum absolute atomic E-state index is 0.00695. The van der Waals surface area contributed by atoms with Crippen LogP contribution in [0.4, 0.5) is 0 Å². The predicted molar refractivity (Wildman–Crippen MR) is 121 cm³/mol. The van der Waals surface area contributed by atoms with Crippen LogP contribution in [-0.4, -0.2) is 22.5 Å². The quantitative estimate of drug-likeness (QED) is 0.664. The van der Waals surface area contributed by atoms with Gasteiger partial charge in [-0.2, -0.15) is 0 Å². The molecule has 4 aliphatic rings. The highest BCUT2D eigenvalue weighted by molar-refractivity contribution is 7.05. The summed E-state index contributed by atoms with van der Waals surface area (Å²) in [5.74, 6) is 3.08. The van der Waals surface area contributed by atoms with Crippen LogP contribution in [0.2, 0.25) is 0 Å². The van der Waals surface area contributed by atoms with Crippen molar-refractivity contribution in [2.24, 2.45) is 40.4 Å². The zero-order chi connectivity index (χ0) is 21.5. The predicted octanol–water partition coefficient (Wildman–Crippen LogP) is 5.15. The summed E-state index contributed by atoms with van der Waals surface area (Å²) in [5.41, 5.74) is 3.35. The normalized spacial score (nSPS) is 42.3. The van der Waals surface area contributed by atoms with E-state index in [2.05, 4.69) is 55.6 Å². The van der Waals surface area contributed by atoms with Crippen molar-refractivity contribution in [3.63, 3.8) is 0 Å². The summed E-state index contributed by atoms with van der Waals surface area (Å²) in [5, 5.41) is 7.45. The standard InChI is InChI=1S/C25H37N3OS/c1-14(22(29)26-6)16-8-9-17-15-7-10-20-23(2,3)21-19(30-28-27-21)13-25(20,5)18(15)11-12-24(16,17)4/h10,14-18H,7-9,11-13H2,1-6H3,(H,26,29)/t14-,15-,16+,17-,18-,24+,25+/m0/s1. The zero-order valence-electron chi connectivity index (χ0n) is 19.4. The molecule has 1 amide bonds. The van der Waals surface area contributed by atoms with Crippen LogP contribution in [0.5, 0.6) is 0 Å². The fourth-order valence-electron chi connectivity index (χ4n) is 8.82. The van der Waals surface area contributed by atoms with Crippen LogP contribution in [0.25, 0.3) is 0 Å². The van der Waals surface area contributed by atoms with E-state index in [0.717, 1.165) is 24.2 Å². The van der Waals surface area contributed by atoms with Gasteiger partial charge in [0.1, 0.15) is 0 Å². The van der Waals surface area contributed by atoms with Gasteiger partial charge in [0.15, 0.2) is 0 Å². The van der Waals surface area contributed by atoms with E-state index in [1.54, 1.807) is 24.2 Å². The molecule has 30 heavy (non-hydrogen) atoms. The third kappa shape index (κ3) is 2.53. The summed E-state index contributed by atoms with van der Waals surface area (Å²) >= 11 is 1.62. The molecule has 4 nitrogen and oxygen atoms in total. The van der Waals surface area contributed by atoms with Crippen molar-refractivity contribution >= 4 is 17.4 Å². The Labute approximate surface area is 185 Å². The Morgan fingerprint density at radius 3 is 2.70 bits per heavy atom. The zero-order valence-corrected chi connectivity index (χ0v) is 20.2. The topological polar surface area (TPSA) is 54.9 Å². The van der Waals surface area contributed by atoms with Crippen molar-refractivity contribution in [3.8, 4) is 0 Å². The molecule has 4 aliphatic carbocycles. The first kappa shape index (κ1) is 20.7. The van der Waals surface area contributed by atoms with Crippen LogP contribution in [0, 0.1) is 40.4 Å². The molecule has 1 aromatic heterocycles. The van der Waals surface area contributed by atoms with Gasteiger partial charge in [0.2, 0.25) is 5.91 Å². The number of rotatable bonds is 2. The average molecular weight is 428 g/mol. The number of aromatic nitrogens is 2. The molecule has 1 heterocycles. The fourth-order valence-corrected chi connectivity index (χ4v) is 9.79. The van der Waals surface area contributed by atoms with E-state index >= 15 is 0 Å². The van der Waals surface area contributed by atoms with Gasteiger partial charge in [-0.25, -0.2) is 0 Å². The lowest BCUT2D eigenvalue weighted by Crippen LogP contribution is -2.54. The number of hydrogen-bond donors (Lipinski definition) is 1. The van der Waals surface area contributed by atoms with Gasteiger partial charge in [-0.3, -0.25) is 4.79 Å². The molecule has 2 fully saturated rings. The Morgan fingerprint density at radius 2 is 1.97 bits per heavy atom. The van der Waals surface area contributed by atoms with Gasteiger partial charge in [-0.05, 0) is 84.6 Å². The lowest BCUT2D eigenvalue weighted by Gasteiger charge is -2.59. The van der Waals surface area contributed by atoms with Crippen molar-refractivity contribution in [2.45, 2.75) is 78.6 Å². The molecule has 0 aromatic carbocycles. The van der Waals surface area contributed by atoms with Crippen molar-refractivity contribution in [1.29, 1.82) is 0 Å². The van der Waals surface area contributed by atoms with E-state index < -0.39 is 0 Å². The number of nitrogens with zero attached hydrogens (tertiary/aromatic N) is 2. The number of carbonyl (C=O) groups is 1. The van der Waals surface area contributed by atoms with Crippen LogP contribution >= 0.6 is 11.5 Å². The second-order valence-electron chi connectivity index (χ2n) is 11.6. The molecule has 0 saturated heterocycles. The molecule has 0 bridgehead atoms. The van der Waals surface area contributed by atoms with Crippen molar-refractivity contribution < 1.29 is 4.79 Å². The van der Waals surface area contributed by atoms with Gasteiger partial charge < -0.3 is 5.32 Å². The molecule has 5 heteroatoms. The van der Waals surface area contributed by atoms with Crippen LogP contribution in [-0.2, 0) is 16.6 Å². The lowest BCUT2D eigenvalue weighted by molar-refractivity contribution is -0.128. The lowest BCUT2D eigenvalue weighted by atomic mass is 9.45. The second kappa shape index (κ2) is 6.63. The highest BCUT2D eigenvalue weighted by atomic mass is 32.1. The summed E-state index contributed by atoms with van der Waals surface area (Å²) in [6.07, 6.45) is 9.97. The van der Waals surface area contributed by atoms with Crippen LogP contribution < -0.4 is 5.32 Å². The highest BCUT2D eigenvalue weighted by Crippen LogP contribution is 2.68. The third-order valence-electron chi connectivity index (χ3n) is 10.2. The Balaban J connectivity index is 1.50. The first-order valence-corrected chi connectivity index (χ1v) is 12.7. The third-order valence-corrected chi connectivity index (χ3v) is 10.9. The van der Waals surface area contributed by atoms with Crippen LogP contribution in [0.3, 0.4) is 0 Å². The first-order chi connectivity index (χ1) is 14.1. The Bertz CT molecular complexity index is 904. The molecule has 0 radical (unpaired) electrons. The number of hydrogen-bond acceptors (Lipinski definition) is 4. The minimum atomic E-state index is -0.00695. The summed E-state index contributed by atoms with van der Waals surface area (Å²) in [6.45, 7) is 11.9. The Hall–Kier alpha value is -1.23. The number of fused-ring (bicyclic) bond motifs is 6. The molecule has 0 unspecified atom stereocenters. The summed E-state index contributed by atoms with van der Waals surface area (Å²) in [7, 11) is 1.78. The van der Waals surface area contributed by atoms with Gasteiger partial charge >= 0.3 is 0 Å². The van der Waals surface area contributed by atoms with Gasteiger partial charge in [-0.15, -0.1) is 5.10 Å². The Kier molecular flexibility index (Phi) is 4.57.